The quantitative estimate of drug-likeness (QED) is 0.256. The minimum Gasteiger partial charge on any atom is -0.493 e. The van der Waals surface area contributed by atoms with Crippen LogP contribution >= 0.6 is 0 Å². The number of amides is 2. The van der Waals surface area contributed by atoms with Gasteiger partial charge in [0.05, 0.1) is 14.2 Å². The van der Waals surface area contributed by atoms with E-state index in [0.717, 1.165) is 32.1 Å². The number of methoxy groups -OCH3 is 2. The Balaban J connectivity index is 1.32. The predicted octanol–water partition coefficient (Wildman–Crippen LogP) is 4.44. The number of tetrazole rings is 1. The Morgan fingerprint density at radius 3 is 2.50 bits per heavy atom. The number of aromatic nitrogens is 4. The normalized spacial score (nSPS) is 14.8. The number of nitrogens with one attached hydrogen (secondary N) is 1. The molecule has 1 aliphatic carbocycles. The number of hydrogen-bond donors (Lipinski definition) is 1. The maximum atomic E-state index is 14.2. The number of carbonyl (C=O) groups is 2. The Bertz CT molecular complexity index is 1690. The van der Waals surface area contributed by atoms with Gasteiger partial charge in [0.15, 0.2) is 23.0 Å². The van der Waals surface area contributed by atoms with Crippen molar-refractivity contribution in [1.82, 2.24) is 30.4 Å². The molecule has 46 heavy (non-hydrogen) atoms. The lowest BCUT2D eigenvalue weighted by atomic mass is 9.94. The first-order valence-corrected chi connectivity index (χ1v) is 15.2. The van der Waals surface area contributed by atoms with Crippen LogP contribution in [0.25, 0.3) is 11.4 Å². The van der Waals surface area contributed by atoms with Crippen molar-refractivity contribution in [3.05, 3.63) is 77.6 Å². The molecule has 1 aromatic heterocycles. The van der Waals surface area contributed by atoms with Gasteiger partial charge in [-0.15, -0.1) is 10.2 Å². The molecule has 0 bridgehead atoms. The Morgan fingerprint density at radius 1 is 0.978 bits per heavy atom. The lowest BCUT2D eigenvalue weighted by Gasteiger charge is -2.33. The molecule has 1 aliphatic heterocycles. The van der Waals surface area contributed by atoms with E-state index in [-0.39, 0.29) is 37.7 Å². The van der Waals surface area contributed by atoms with Crippen LogP contribution in [0.1, 0.15) is 49.3 Å². The molecule has 1 fully saturated rings. The smallest absolute Gasteiger partial charge is 0.247 e. The van der Waals surface area contributed by atoms with Crippen molar-refractivity contribution in [3.8, 4) is 34.4 Å². The predicted molar refractivity (Wildman–Crippen MR) is 164 cm³/mol. The summed E-state index contributed by atoms with van der Waals surface area (Å²) in [7, 11) is 3.07. The minimum absolute atomic E-state index is 0.00674. The maximum Gasteiger partial charge on any atom is 0.247 e. The zero-order chi connectivity index (χ0) is 32.0. The largest absolute Gasteiger partial charge is 0.493 e. The van der Waals surface area contributed by atoms with Gasteiger partial charge in [-0.3, -0.25) is 9.59 Å². The summed E-state index contributed by atoms with van der Waals surface area (Å²) < 4.78 is 35.8. The highest BCUT2D eigenvalue weighted by molar-refractivity contribution is 5.89. The van der Waals surface area contributed by atoms with E-state index in [1.165, 1.54) is 41.1 Å². The van der Waals surface area contributed by atoms with Gasteiger partial charge in [0.1, 0.15) is 18.4 Å². The van der Waals surface area contributed by atoms with Crippen LogP contribution in [-0.4, -0.2) is 64.0 Å². The lowest BCUT2D eigenvalue weighted by Crippen LogP contribution is -2.47. The number of hydrogen-bond acceptors (Lipinski definition) is 9. The van der Waals surface area contributed by atoms with Gasteiger partial charge >= 0.3 is 0 Å². The summed E-state index contributed by atoms with van der Waals surface area (Å²) in [6.07, 6.45) is 4.89. The number of halogens is 1. The SMILES string of the molecule is COc1ccc(-c2nnn(CC(=O)N(Cc3ccc4c(c3)OCO4)[C@@H](C(=O)NC3CCCCC3)c3ccc(F)cc3)n2)cc1OC. The third kappa shape index (κ3) is 6.87. The van der Waals surface area contributed by atoms with Gasteiger partial charge in [0, 0.05) is 18.2 Å². The molecule has 13 heteroatoms. The molecule has 0 spiro atoms. The first-order valence-electron chi connectivity index (χ1n) is 15.2. The summed E-state index contributed by atoms with van der Waals surface area (Å²) in [6, 6.07) is 15.1. The van der Waals surface area contributed by atoms with E-state index in [1.807, 2.05) is 6.07 Å². The van der Waals surface area contributed by atoms with Gasteiger partial charge in [0.2, 0.25) is 24.4 Å². The third-order valence-corrected chi connectivity index (χ3v) is 8.18. The van der Waals surface area contributed by atoms with Crippen LogP contribution in [0.15, 0.2) is 60.7 Å². The van der Waals surface area contributed by atoms with E-state index in [4.69, 9.17) is 18.9 Å². The highest BCUT2D eigenvalue weighted by Gasteiger charge is 2.34. The summed E-state index contributed by atoms with van der Waals surface area (Å²) in [4.78, 5) is 30.9. The molecule has 0 radical (unpaired) electrons. The lowest BCUT2D eigenvalue weighted by molar-refractivity contribution is -0.142. The molecule has 4 aromatic rings. The van der Waals surface area contributed by atoms with E-state index in [9.17, 15) is 14.0 Å². The topological polar surface area (TPSA) is 130 Å². The van der Waals surface area contributed by atoms with E-state index >= 15 is 0 Å². The van der Waals surface area contributed by atoms with Gasteiger partial charge in [0.25, 0.3) is 0 Å². The molecule has 2 aliphatic rings. The molecule has 240 valence electrons. The number of nitrogens with zero attached hydrogens (tertiary/aromatic N) is 5. The average molecular weight is 631 g/mol. The summed E-state index contributed by atoms with van der Waals surface area (Å²) >= 11 is 0. The van der Waals surface area contributed by atoms with Crippen LogP contribution in [0.5, 0.6) is 23.0 Å². The van der Waals surface area contributed by atoms with Crippen molar-refractivity contribution in [2.24, 2.45) is 0 Å². The summed E-state index contributed by atoms with van der Waals surface area (Å²) in [5, 5.41) is 15.9. The highest BCUT2D eigenvalue weighted by Crippen LogP contribution is 2.34. The Kier molecular flexibility index (Phi) is 9.27. The second-order valence-electron chi connectivity index (χ2n) is 11.2. The van der Waals surface area contributed by atoms with Crippen molar-refractivity contribution < 1.29 is 32.9 Å². The molecule has 0 unspecified atom stereocenters. The molecule has 12 nitrogen and oxygen atoms in total. The monoisotopic (exact) mass is 630 g/mol. The Morgan fingerprint density at radius 2 is 1.74 bits per heavy atom. The van der Waals surface area contributed by atoms with Crippen LogP contribution in [0.3, 0.4) is 0 Å². The molecule has 3 aromatic carbocycles. The fourth-order valence-corrected chi connectivity index (χ4v) is 5.82. The first kappa shape index (κ1) is 30.8. The standard InChI is InChI=1S/C33H35FN6O6/c1-43-26-15-11-23(17-28(26)44-2)32-36-38-40(37-32)19-30(41)39(18-21-8-14-27-29(16-21)46-20-45-27)31(22-9-12-24(34)13-10-22)33(42)35-25-6-4-3-5-7-25/h8-17,25,31H,3-7,18-20H2,1-2H3,(H,35,42)/t31-/m1/s1. The fraction of sp³-hybridized carbons (Fsp3) is 0.364. The van der Waals surface area contributed by atoms with E-state index < -0.39 is 17.8 Å². The molecular formula is C33H35FN6O6. The third-order valence-electron chi connectivity index (χ3n) is 8.18. The second-order valence-corrected chi connectivity index (χ2v) is 11.2. The molecular weight excluding hydrogens is 595 g/mol. The number of ether oxygens (including phenoxy) is 4. The molecule has 2 heterocycles. The van der Waals surface area contributed by atoms with Crippen LogP contribution < -0.4 is 24.3 Å². The summed E-state index contributed by atoms with van der Waals surface area (Å²) in [6.45, 7) is -0.157. The van der Waals surface area contributed by atoms with Crippen LogP contribution in [0, 0.1) is 5.82 Å². The van der Waals surface area contributed by atoms with Gasteiger partial charge < -0.3 is 29.2 Å². The van der Waals surface area contributed by atoms with E-state index in [1.54, 1.807) is 37.4 Å². The van der Waals surface area contributed by atoms with Crippen molar-refractivity contribution >= 4 is 11.8 Å². The van der Waals surface area contributed by atoms with Crippen LogP contribution in [0.2, 0.25) is 0 Å². The summed E-state index contributed by atoms with van der Waals surface area (Å²) in [5.41, 5.74) is 1.80. The average Bonchev–Trinajstić information content (AvgIpc) is 3.75. The fourth-order valence-electron chi connectivity index (χ4n) is 5.82. The molecule has 1 atom stereocenters. The number of fused-ring (bicyclic) bond motifs is 1. The van der Waals surface area contributed by atoms with Gasteiger partial charge in [-0.2, -0.15) is 4.80 Å². The molecule has 6 rings (SSSR count). The summed E-state index contributed by atoms with van der Waals surface area (Å²) in [5.74, 6) is 1.24. The van der Waals surface area contributed by atoms with E-state index in [0.29, 0.717) is 39.7 Å². The second kappa shape index (κ2) is 13.8. The van der Waals surface area contributed by atoms with E-state index in [2.05, 4.69) is 20.7 Å². The van der Waals surface area contributed by atoms with Crippen molar-refractivity contribution in [3.63, 3.8) is 0 Å². The highest BCUT2D eigenvalue weighted by atomic mass is 19.1. The Labute approximate surface area is 265 Å². The first-order chi connectivity index (χ1) is 22.4. The van der Waals surface area contributed by atoms with Gasteiger partial charge in [-0.1, -0.05) is 37.5 Å². The van der Waals surface area contributed by atoms with Crippen LogP contribution in [-0.2, 0) is 22.7 Å². The minimum atomic E-state index is -1.06. The van der Waals surface area contributed by atoms with Crippen molar-refractivity contribution in [2.75, 3.05) is 21.0 Å². The van der Waals surface area contributed by atoms with Crippen LogP contribution in [0.4, 0.5) is 4.39 Å². The van der Waals surface area contributed by atoms with Gasteiger partial charge in [-0.25, -0.2) is 4.39 Å². The molecule has 0 saturated heterocycles. The molecule has 2 amide bonds. The van der Waals surface area contributed by atoms with Crippen molar-refractivity contribution in [1.29, 1.82) is 0 Å². The number of carbonyl (C=O) groups excluding carboxylic acids is 2. The van der Waals surface area contributed by atoms with Crippen molar-refractivity contribution in [2.45, 2.75) is 57.3 Å². The molecule has 1 saturated carbocycles. The van der Waals surface area contributed by atoms with Gasteiger partial charge in [-0.05, 0) is 71.6 Å². The Hall–Kier alpha value is -5.20. The number of rotatable bonds is 11. The zero-order valence-electron chi connectivity index (χ0n) is 25.6. The maximum absolute atomic E-state index is 14.2. The zero-order valence-corrected chi connectivity index (χ0v) is 25.6. The molecule has 1 N–H and O–H groups in total. The number of benzene rings is 3.